The largest absolute Gasteiger partial charge is 0.376 e. The van der Waals surface area contributed by atoms with Crippen molar-refractivity contribution in [3.63, 3.8) is 0 Å². The van der Waals surface area contributed by atoms with Crippen LogP contribution in [0.3, 0.4) is 0 Å². The van der Waals surface area contributed by atoms with Crippen LogP contribution in [0.2, 0.25) is 0 Å². The summed E-state index contributed by atoms with van der Waals surface area (Å²) in [5.74, 6) is 8.04. The van der Waals surface area contributed by atoms with E-state index in [0.717, 1.165) is 56.0 Å². The van der Waals surface area contributed by atoms with Gasteiger partial charge in [0.25, 0.3) is 0 Å². The number of hydrogen-bond acceptors (Lipinski definition) is 6. The van der Waals surface area contributed by atoms with Crippen molar-refractivity contribution in [2.24, 2.45) is 5.84 Å². The molecule has 0 spiro atoms. The second-order valence-electron chi connectivity index (χ2n) is 5.35. The number of nitrogens with one attached hydrogen (secondary N) is 1. The number of aryl methyl sites for hydroxylation is 1. The average Bonchev–Trinajstić information content (AvgIpc) is 2.93. The fourth-order valence-corrected chi connectivity index (χ4v) is 2.58. The molecule has 1 aromatic rings. The monoisotopic (exact) mass is 279 g/mol. The van der Waals surface area contributed by atoms with Crippen molar-refractivity contribution in [3.05, 3.63) is 11.4 Å². The predicted octanol–water partition coefficient (Wildman–Crippen LogP) is 1.64. The highest BCUT2D eigenvalue weighted by Crippen LogP contribution is 2.24. The second kappa shape index (κ2) is 6.85. The highest BCUT2D eigenvalue weighted by atomic mass is 16.5. The molecule has 2 rings (SSSR count). The summed E-state index contributed by atoms with van der Waals surface area (Å²) in [5, 5.41) is 0. The highest BCUT2D eigenvalue weighted by Gasteiger charge is 2.20. The number of hydrazine groups is 1. The lowest BCUT2D eigenvalue weighted by Crippen LogP contribution is -2.30. The summed E-state index contributed by atoms with van der Waals surface area (Å²) in [7, 11) is 2.05. The van der Waals surface area contributed by atoms with E-state index in [9.17, 15) is 0 Å². The van der Waals surface area contributed by atoms with Crippen LogP contribution < -0.4 is 16.2 Å². The zero-order valence-corrected chi connectivity index (χ0v) is 12.6. The van der Waals surface area contributed by atoms with Gasteiger partial charge in [-0.3, -0.25) is 0 Å². The molecule has 20 heavy (non-hydrogen) atoms. The van der Waals surface area contributed by atoms with Crippen LogP contribution in [0, 0.1) is 6.92 Å². The zero-order valence-electron chi connectivity index (χ0n) is 12.6. The molecule has 112 valence electrons. The van der Waals surface area contributed by atoms with Crippen molar-refractivity contribution < 1.29 is 4.74 Å². The Morgan fingerprint density at radius 1 is 1.45 bits per heavy atom. The normalized spacial score (nSPS) is 18.3. The molecule has 0 aromatic carbocycles. The molecule has 1 atom stereocenters. The van der Waals surface area contributed by atoms with Crippen LogP contribution in [0.1, 0.15) is 37.6 Å². The first-order valence-corrected chi connectivity index (χ1v) is 7.32. The Morgan fingerprint density at radius 2 is 2.25 bits per heavy atom. The first-order valence-electron chi connectivity index (χ1n) is 7.32. The molecule has 0 amide bonds. The smallest absolute Gasteiger partial charge is 0.148 e. The molecular formula is C14H25N5O. The molecule has 1 unspecified atom stereocenters. The summed E-state index contributed by atoms with van der Waals surface area (Å²) in [4.78, 5) is 11.3. The van der Waals surface area contributed by atoms with Gasteiger partial charge in [0.15, 0.2) is 0 Å². The number of anilines is 2. The summed E-state index contributed by atoms with van der Waals surface area (Å²) < 4.78 is 5.69. The van der Waals surface area contributed by atoms with Gasteiger partial charge in [-0.2, -0.15) is 0 Å². The van der Waals surface area contributed by atoms with Gasteiger partial charge in [0.1, 0.15) is 17.5 Å². The molecule has 1 aromatic heterocycles. The van der Waals surface area contributed by atoms with Crippen LogP contribution >= 0.6 is 0 Å². The molecule has 0 aliphatic carbocycles. The van der Waals surface area contributed by atoms with Crippen LogP contribution in [0.4, 0.5) is 11.6 Å². The number of nitrogens with two attached hydrogens (primary N) is 1. The summed E-state index contributed by atoms with van der Waals surface area (Å²) in [6.45, 7) is 5.84. The summed E-state index contributed by atoms with van der Waals surface area (Å²) in [5.41, 5.74) is 3.65. The van der Waals surface area contributed by atoms with Gasteiger partial charge < -0.3 is 15.1 Å². The molecule has 0 radical (unpaired) electrons. The molecule has 1 fully saturated rings. The molecule has 1 aliphatic rings. The summed E-state index contributed by atoms with van der Waals surface area (Å²) in [6.07, 6.45) is 4.45. The fourth-order valence-electron chi connectivity index (χ4n) is 2.58. The Morgan fingerprint density at radius 3 is 2.85 bits per heavy atom. The van der Waals surface area contributed by atoms with E-state index in [2.05, 4.69) is 27.2 Å². The van der Waals surface area contributed by atoms with E-state index in [-0.39, 0.29) is 0 Å². The third-order valence-corrected chi connectivity index (χ3v) is 3.64. The molecule has 0 saturated carbocycles. The van der Waals surface area contributed by atoms with E-state index >= 15 is 0 Å². The van der Waals surface area contributed by atoms with Crippen molar-refractivity contribution in [2.45, 2.75) is 45.6 Å². The minimum absolute atomic E-state index is 0.304. The van der Waals surface area contributed by atoms with Crippen molar-refractivity contribution in [1.82, 2.24) is 9.97 Å². The van der Waals surface area contributed by atoms with E-state index in [1.807, 2.05) is 14.0 Å². The number of likely N-dealkylation sites (N-methyl/N-ethyl adjacent to an activating group) is 1. The predicted molar refractivity (Wildman–Crippen MR) is 80.8 cm³/mol. The number of aromatic nitrogens is 2. The average molecular weight is 279 g/mol. The Labute approximate surface area is 120 Å². The molecule has 1 aliphatic heterocycles. The first kappa shape index (κ1) is 15.0. The number of rotatable bonds is 6. The van der Waals surface area contributed by atoms with Gasteiger partial charge in [-0.25, -0.2) is 15.8 Å². The quantitative estimate of drug-likeness (QED) is 0.609. The molecule has 0 bridgehead atoms. The maximum atomic E-state index is 5.69. The van der Waals surface area contributed by atoms with Crippen LogP contribution in [0.15, 0.2) is 0 Å². The third kappa shape index (κ3) is 3.37. The lowest BCUT2D eigenvalue weighted by molar-refractivity contribution is 0.116. The van der Waals surface area contributed by atoms with Gasteiger partial charge in [0.2, 0.25) is 0 Å². The molecule has 2 heterocycles. The van der Waals surface area contributed by atoms with Gasteiger partial charge >= 0.3 is 0 Å². The van der Waals surface area contributed by atoms with Crippen LogP contribution in [-0.2, 0) is 11.2 Å². The standard InChI is InChI=1S/C14H25N5O/c1-4-6-12-16-13(18-15)10(2)14(17-12)19(3)9-11-7-5-8-20-11/h11H,4-9,15H2,1-3H3,(H,16,17,18). The Bertz CT molecular complexity index is 445. The van der Waals surface area contributed by atoms with Gasteiger partial charge in [-0.15, -0.1) is 0 Å². The van der Waals surface area contributed by atoms with Crippen molar-refractivity contribution >= 4 is 11.6 Å². The highest BCUT2D eigenvalue weighted by molar-refractivity contribution is 5.57. The van der Waals surface area contributed by atoms with Crippen LogP contribution in [0.5, 0.6) is 0 Å². The van der Waals surface area contributed by atoms with Gasteiger partial charge in [-0.1, -0.05) is 6.92 Å². The molecule has 6 nitrogen and oxygen atoms in total. The number of ether oxygens (including phenoxy) is 1. The van der Waals surface area contributed by atoms with Gasteiger partial charge in [-0.05, 0) is 26.2 Å². The maximum absolute atomic E-state index is 5.69. The fraction of sp³-hybridized carbons (Fsp3) is 0.714. The number of nitrogen functional groups attached to an aromatic ring is 1. The van der Waals surface area contributed by atoms with Crippen LogP contribution in [0.25, 0.3) is 0 Å². The number of nitrogens with zero attached hydrogens (tertiary/aromatic N) is 3. The van der Waals surface area contributed by atoms with E-state index < -0.39 is 0 Å². The number of hydrogen-bond donors (Lipinski definition) is 2. The lowest BCUT2D eigenvalue weighted by Gasteiger charge is -2.24. The molecule has 6 heteroatoms. The minimum Gasteiger partial charge on any atom is -0.376 e. The minimum atomic E-state index is 0.304. The SMILES string of the molecule is CCCc1nc(NN)c(C)c(N(C)CC2CCCO2)n1. The van der Waals surface area contributed by atoms with Crippen molar-refractivity contribution in [3.8, 4) is 0 Å². The Kier molecular flexibility index (Phi) is 5.14. The molecule has 1 saturated heterocycles. The third-order valence-electron chi connectivity index (χ3n) is 3.64. The van der Waals surface area contributed by atoms with Crippen molar-refractivity contribution in [1.29, 1.82) is 0 Å². The lowest BCUT2D eigenvalue weighted by atomic mass is 10.2. The summed E-state index contributed by atoms with van der Waals surface area (Å²) >= 11 is 0. The first-order chi connectivity index (χ1) is 9.65. The zero-order chi connectivity index (χ0) is 14.5. The molecule has 3 N–H and O–H groups in total. The topological polar surface area (TPSA) is 76.3 Å². The molecular weight excluding hydrogens is 254 g/mol. The van der Waals surface area contributed by atoms with Crippen molar-refractivity contribution in [2.75, 3.05) is 30.5 Å². The van der Waals surface area contributed by atoms with Gasteiger partial charge in [0.05, 0.1) is 6.10 Å². The van der Waals surface area contributed by atoms with E-state index in [1.165, 1.54) is 0 Å². The Hall–Kier alpha value is -1.40. The maximum Gasteiger partial charge on any atom is 0.148 e. The van der Waals surface area contributed by atoms with Crippen LogP contribution in [-0.4, -0.2) is 36.3 Å². The van der Waals surface area contributed by atoms with E-state index in [1.54, 1.807) is 0 Å². The van der Waals surface area contributed by atoms with Gasteiger partial charge in [0, 0.05) is 32.2 Å². The van der Waals surface area contributed by atoms with E-state index in [0.29, 0.717) is 11.9 Å². The summed E-state index contributed by atoms with van der Waals surface area (Å²) in [6, 6.07) is 0. The van der Waals surface area contributed by atoms with E-state index in [4.69, 9.17) is 10.6 Å². The second-order valence-corrected chi connectivity index (χ2v) is 5.35. The Balaban J connectivity index is 2.20.